The smallest absolute Gasteiger partial charge is 0.0627 e. The topological polar surface area (TPSA) is 29.9 Å². The Bertz CT molecular complexity index is 418. The Labute approximate surface area is 129 Å². The quantitative estimate of drug-likeness (QED) is 0.889. The van der Waals surface area contributed by atoms with Gasteiger partial charge in [0.1, 0.15) is 0 Å². The molecule has 21 heavy (non-hydrogen) atoms. The van der Waals surface area contributed by atoms with Crippen LogP contribution in [0.15, 0.2) is 12.3 Å². The van der Waals surface area contributed by atoms with Crippen LogP contribution in [0.5, 0.6) is 0 Å². The number of hydrogen-bond donors (Lipinski definition) is 1. The highest BCUT2D eigenvalue weighted by molar-refractivity contribution is 5.02. The van der Waals surface area contributed by atoms with Crippen molar-refractivity contribution in [3.63, 3.8) is 0 Å². The molecular weight excluding hydrogens is 258 g/mol. The second-order valence-corrected chi connectivity index (χ2v) is 7.15. The lowest BCUT2D eigenvalue weighted by atomic mass is 9.77. The largest absolute Gasteiger partial charge is 0.319 e. The molecule has 2 unspecified atom stereocenters. The monoisotopic (exact) mass is 289 g/mol. The van der Waals surface area contributed by atoms with Crippen LogP contribution in [0.2, 0.25) is 0 Å². The Kier molecular flexibility index (Phi) is 5.34. The molecule has 2 aliphatic carbocycles. The van der Waals surface area contributed by atoms with E-state index in [9.17, 15) is 0 Å². The van der Waals surface area contributed by atoms with E-state index in [2.05, 4.69) is 29.3 Å². The lowest BCUT2D eigenvalue weighted by Gasteiger charge is -2.31. The van der Waals surface area contributed by atoms with Crippen molar-refractivity contribution >= 4 is 0 Å². The van der Waals surface area contributed by atoms with E-state index in [0.29, 0.717) is 6.04 Å². The van der Waals surface area contributed by atoms with Gasteiger partial charge in [-0.3, -0.25) is 4.68 Å². The van der Waals surface area contributed by atoms with Crippen molar-refractivity contribution in [2.75, 3.05) is 13.6 Å². The van der Waals surface area contributed by atoms with Gasteiger partial charge in [0.25, 0.3) is 0 Å². The summed E-state index contributed by atoms with van der Waals surface area (Å²) < 4.78 is 2.27. The number of nitrogens with one attached hydrogen (secondary N) is 1. The first-order valence-electron chi connectivity index (χ1n) is 9.05. The minimum Gasteiger partial charge on any atom is -0.319 e. The summed E-state index contributed by atoms with van der Waals surface area (Å²) in [6.45, 7) is 1.17. The SMILES string of the molecule is CNCC1CCCCC1Cc1ccn(C2CCCCC2)n1. The Morgan fingerprint density at radius 3 is 2.52 bits per heavy atom. The lowest BCUT2D eigenvalue weighted by Crippen LogP contribution is -2.30. The fourth-order valence-corrected chi connectivity index (χ4v) is 4.39. The van der Waals surface area contributed by atoms with Crippen molar-refractivity contribution in [2.45, 2.75) is 70.3 Å². The standard InChI is InChI=1S/C18H31N3/c1-19-14-16-8-6-5-7-15(16)13-17-11-12-21(20-17)18-9-3-2-4-10-18/h11-12,15-16,18-19H,2-10,13-14H2,1H3. The van der Waals surface area contributed by atoms with Crippen LogP contribution in [0, 0.1) is 11.8 Å². The van der Waals surface area contributed by atoms with Gasteiger partial charge in [0, 0.05) is 6.20 Å². The number of hydrogen-bond acceptors (Lipinski definition) is 2. The molecule has 2 aliphatic rings. The van der Waals surface area contributed by atoms with Gasteiger partial charge < -0.3 is 5.32 Å². The van der Waals surface area contributed by atoms with Crippen LogP contribution in [0.1, 0.15) is 69.5 Å². The van der Waals surface area contributed by atoms with Crippen molar-refractivity contribution in [3.05, 3.63) is 18.0 Å². The van der Waals surface area contributed by atoms with Crippen LogP contribution in [0.25, 0.3) is 0 Å². The zero-order valence-electron chi connectivity index (χ0n) is 13.6. The van der Waals surface area contributed by atoms with Crippen LogP contribution in [-0.4, -0.2) is 23.4 Å². The van der Waals surface area contributed by atoms with Gasteiger partial charge in [-0.05, 0) is 63.6 Å². The molecule has 118 valence electrons. The number of rotatable bonds is 5. The summed E-state index contributed by atoms with van der Waals surface area (Å²) >= 11 is 0. The normalized spacial score (nSPS) is 27.9. The summed E-state index contributed by atoms with van der Waals surface area (Å²) in [5, 5.41) is 8.30. The molecule has 2 saturated carbocycles. The maximum atomic E-state index is 4.92. The summed E-state index contributed by atoms with van der Waals surface area (Å²) in [5.74, 6) is 1.68. The van der Waals surface area contributed by atoms with Crippen LogP contribution in [-0.2, 0) is 6.42 Å². The van der Waals surface area contributed by atoms with Crippen LogP contribution in [0.4, 0.5) is 0 Å². The van der Waals surface area contributed by atoms with E-state index in [-0.39, 0.29) is 0 Å². The Morgan fingerprint density at radius 1 is 1.05 bits per heavy atom. The van der Waals surface area contributed by atoms with Gasteiger partial charge in [0.15, 0.2) is 0 Å². The van der Waals surface area contributed by atoms with E-state index in [1.165, 1.54) is 76.4 Å². The maximum absolute atomic E-state index is 4.92. The molecule has 0 spiro atoms. The van der Waals surface area contributed by atoms with Gasteiger partial charge in [-0.2, -0.15) is 5.10 Å². The molecule has 2 atom stereocenters. The second-order valence-electron chi connectivity index (χ2n) is 7.15. The third-order valence-electron chi connectivity index (χ3n) is 5.62. The zero-order chi connectivity index (χ0) is 14.5. The van der Waals surface area contributed by atoms with Gasteiger partial charge in [0.2, 0.25) is 0 Å². The fraction of sp³-hybridized carbons (Fsp3) is 0.833. The molecule has 0 amide bonds. The van der Waals surface area contributed by atoms with E-state index in [1.54, 1.807) is 0 Å². The van der Waals surface area contributed by atoms with Gasteiger partial charge in [-0.15, -0.1) is 0 Å². The second kappa shape index (κ2) is 7.44. The summed E-state index contributed by atoms with van der Waals surface area (Å²) in [4.78, 5) is 0. The summed E-state index contributed by atoms with van der Waals surface area (Å²) in [7, 11) is 2.09. The Hall–Kier alpha value is -0.830. The van der Waals surface area contributed by atoms with E-state index >= 15 is 0 Å². The highest BCUT2D eigenvalue weighted by atomic mass is 15.3. The molecule has 3 nitrogen and oxygen atoms in total. The van der Waals surface area contributed by atoms with Crippen molar-refractivity contribution in [3.8, 4) is 0 Å². The molecule has 0 bridgehead atoms. The molecule has 3 rings (SSSR count). The number of aromatic nitrogens is 2. The molecule has 1 N–H and O–H groups in total. The first-order chi connectivity index (χ1) is 10.4. The summed E-state index contributed by atoms with van der Waals surface area (Å²) in [6.07, 6.45) is 15.9. The maximum Gasteiger partial charge on any atom is 0.0627 e. The lowest BCUT2D eigenvalue weighted by molar-refractivity contribution is 0.229. The van der Waals surface area contributed by atoms with Gasteiger partial charge in [-0.25, -0.2) is 0 Å². The average molecular weight is 289 g/mol. The van der Waals surface area contributed by atoms with Crippen LogP contribution >= 0.6 is 0 Å². The van der Waals surface area contributed by atoms with Gasteiger partial charge >= 0.3 is 0 Å². The minimum absolute atomic E-state index is 0.673. The Morgan fingerprint density at radius 2 is 1.76 bits per heavy atom. The van der Waals surface area contributed by atoms with E-state index in [0.717, 1.165) is 11.8 Å². The van der Waals surface area contributed by atoms with Crippen molar-refractivity contribution in [2.24, 2.45) is 11.8 Å². The van der Waals surface area contributed by atoms with Crippen molar-refractivity contribution < 1.29 is 0 Å². The Balaban J connectivity index is 1.60. The molecule has 0 radical (unpaired) electrons. The van der Waals surface area contributed by atoms with E-state index < -0.39 is 0 Å². The van der Waals surface area contributed by atoms with Gasteiger partial charge in [0.05, 0.1) is 11.7 Å². The summed E-state index contributed by atoms with van der Waals surface area (Å²) in [5.41, 5.74) is 1.33. The molecule has 0 saturated heterocycles. The predicted octanol–water partition coefficient (Wildman–Crippen LogP) is 3.96. The highest BCUT2D eigenvalue weighted by Gasteiger charge is 2.25. The van der Waals surface area contributed by atoms with E-state index in [1.807, 2.05) is 0 Å². The zero-order valence-corrected chi connectivity index (χ0v) is 13.6. The molecular formula is C18H31N3. The molecule has 0 aromatic carbocycles. The predicted molar refractivity (Wildman–Crippen MR) is 87.4 cm³/mol. The third-order valence-corrected chi connectivity index (χ3v) is 5.62. The fourth-order valence-electron chi connectivity index (χ4n) is 4.39. The van der Waals surface area contributed by atoms with Crippen LogP contribution < -0.4 is 5.32 Å². The van der Waals surface area contributed by atoms with Crippen molar-refractivity contribution in [1.29, 1.82) is 0 Å². The van der Waals surface area contributed by atoms with Crippen LogP contribution in [0.3, 0.4) is 0 Å². The summed E-state index contributed by atoms with van der Waals surface area (Å²) in [6, 6.07) is 2.95. The molecule has 1 heterocycles. The number of nitrogens with zero attached hydrogens (tertiary/aromatic N) is 2. The van der Waals surface area contributed by atoms with Crippen molar-refractivity contribution in [1.82, 2.24) is 15.1 Å². The molecule has 2 fully saturated rings. The van der Waals surface area contributed by atoms with E-state index in [4.69, 9.17) is 5.10 Å². The minimum atomic E-state index is 0.673. The first kappa shape index (κ1) is 15.1. The average Bonchev–Trinajstić information content (AvgIpc) is 2.99. The highest BCUT2D eigenvalue weighted by Crippen LogP contribution is 2.32. The molecule has 1 aromatic heterocycles. The van der Waals surface area contributed by atoms with Gasteiger partial charge in [-0.1, -0.05) is 32.1 Å². The first-order valence-corrected chi connectivity index (χ1v) is 9.05. The molecule has 3 heteroatoms. The molecule has 0 aliphatic heterocycles. The molecule has 1 aromatic rings. The third kappa shape index (κ3) is 3.88.